The molecule has 2 unspecified atom stereocenters. The van der Waals surface area contributed by atoms with Crippen LogP contribution in [0.2, 0.25) is 0 Å². The molecule has 3 aromatic carbocycles. The van der Waals surface area contributed by atoms with E-state index in [1.54, 1.807) is 4.90 Å². The monoisotopic (exact) mass is 713 g/mol. The standard InChI is InChI=1S/C42H47N7O4/c1-28-6-12-35(40-39(28)31(24-43)25-44-40)29-5-4-17-48(26-29)32-7-10-34(11-8-32)53-22-3-2-16-46-18-20-47(21-19-46)33-9-13-36-30(23-33)27-49(42(36)52)37-14-15-38(50)45-41(37)51/h6-13,23,25,29,37,44H,2-5,14-22,26-27H2,1H3,(H,45,50,51). The summed E-state index contributed by atoms with van der Waals surface area (Å²) in [6.45, 7) is 10.0. The number of hydrogen-bond acceptors (Lipinski definition) is 8. The maximum absolute atomic E-state index is 13.1. The molecule has 4 aliphatic rings. The van der Waals surface area contributed by atoms with Crippen molar-refractivity contribution in [1.82, 2.24) is 20.1 Å². The molecule has 274 valence electrons. The lowest BCUT2D eigenvalue weighted by Crippen LogP contribution is -2.52. The van der Waals surface area contributed by atoms with Crippen molar-refractivity contribution in [2.45, 2.75) is 64.0 Å². The summed E-state index contributed by atoms with van der Waals surface area (Å²) in [5.74, 6) is 0.528. The number of benzene rings is 3. The van der Waals surface area contributed by atoms with Crippen LogP contribution in [0, 0.1) is 18.3 Å². The number of nitrogens with zero attached hydrogens (tertiary/aromatic N) is 5. The molecule has 3 saturated heterocycles. The van der Waals surface area contributed by atoms with Crippen molar-refractivity contribution < 1.29 is 19.1 Å². The molecule has 0 saturated carbocycles. The van der Waals surface area contributed by atoms with Gasteiger partial charge in [-0.1, -0.05) is 12.1 Å². The van der Waals surface area contributed by atoms with Crippen molar-refractivity contribution in [1.29, 1.82) is 5.26 Å². The number of imide groups is 1. The zero-order valence-electron chi connectivity index (χ0n) is 30.4. The summed E-state index contributed by atoms with van der Waals surface area (Å²) in [6, 6.07) is 20.7. The Labute approximate surface area is 310 Å². The molecular formula is C42H47N7O4. The predicted molar refractivity (Wildman–Crippen MR) is 204 cm³/mol. The number of rotatable bonds is 10. The molecule has 11 nitrogen and oxygen atoms in total. The van der Waals surface area contributed by atoms with Crippen LogP contribution in [-0.4, -0.2) is 91.0 Å². The molecule has 11 heteroatoms. The van der Waals surface area contributed by atoms with Gasteiger partial charge < -0.3 is 24.4 Å². The second-order valence-electron chi connectivity index (χ2n) is 14.9. The van der Waals surface area contributed by atoms with Gasteiger partial charge in [-0.2, -0.15) is 5.26 Å². The van der Waals surface area contributed by atoms with Crippen LogP contribution in [0.15, 0.2) is 60.8 Å². The summed E-state index contributed by atoms with van der Waals surface area (Å²) in [4.78, 5) is 49.4. The first-order valence-corrected chi connectivity index (χ1v) is 19.1. The van der Waals surface area contributed by atoms with Crippen LogP contribution < -0.4 is 19.9 Å². The average molecular weight is 714 g/mol. The Hall–Kier alpha value is -5.34. The number of amides is 3. The Bertz CT molecular complexity index is 2060. The largest absolute Gasteiger partial charge is 0.494 e. The van der Waals surface area contributed by atoms with Crippen molar-refractivity contribution in [2.75, 3.05) is 62.2 Å². The summed E-state index contributed by atoms with van der Waals surface area (Å²) in [5.41, 5.74) is 8.20. The number of piperazine rings is 1. The fraction of sp³-hybridized carbons (Fsp3) is 0.429. The Morgan fingerprint density at radius 3 is 2.51 bits per heavy atom. The number of unbranched alkanes of at least 4 members (excludes halogenated alkanes) is 1. The van der Waals surface area contributed by atoms with Crippen molar-refractivity contribution in [3.05, 3.63) is 88.6 Å². The third kappa shape index (κ3) is 7.08. The molecule has 53 heavy (non-hydrogen) atoms. The van der Waals surface area contributed by atoms with Gasteiger partial charge in [0.1, 0.15) is 17.9 Å². The molecule has 5 heterocycles. The average Bonchev–Trinajstić information content (AvgIpc) is 3.77. The van der Waals surface area contributed by atoms with Crippen LogP contribution in [0.1, 0.15) is 77.1 Å². The quantitative estimate of drug-likeness (QED) is 0.164. The Balaban J connectivity index is 0.762. The summed E-state index contributed by atoms with van der Waals surface area (Å²) in [5, 5.41) is 13.0. The minimum absolute atomic E-state index is 0.131. The van der Waals surface area contributed by atoms with Gasteiger partial charge in [0.25, 0.3) is 5.91 Å². The van der Waals surface area contributed by atoms with Crippen LogP contribution in [0.25, 0.3) is 10.9 Å². The molecule has 2 N–H and O–H groups in total. The molecule has 4 aromatic rings. The number of aromatic nitrogens is 1. The van der Waals surface area contributed by atoms with Crippen LogP contribution >= 0.6 is 0 Å². The van der Waals surface area contributed by atoms with Gasteiger partial charge in [-0.15, -0.1) is 0 Å². The van der Waals surface area contributed by atoms with Gasteiger partial charge in [-0.3, -0.25) is 24.6 Å². The first kappa shape index (κ1) is 34.7. The van der Waals surface area contributed by atoms with Crippen molar-refractivity contribution in [2.24, 2.45) is 0 Å². The number of carbonyl (C=O) groups excluding carboxylic acids is 3. The van der Waals surface area contributed by atoms with Crippen molar-refractivity contribution in [3.63, 3.8) is 0 Å². The zero-order chi connectivity index (χ0) is 36.5. The highest BCUT2D eigenvalue weighted by atomic mass is 16.5. The van der Waals surface area contributed by atoms with Gasteiger partial charge in [0.15, 0.2) is 0 Å². The van der Waals surface area contributed by atoms with Crippen LogP contribution in [0.5, 0.6) is 5.75 Å². The fourth-order valence-corrected chi connectivity index (χ4v) is 8.70. The number of ether oxygens (including phenoxy) is 1. The van der Waals surface area contributed by atoms with E-state index in [4.69, 9.17) is 4.74 Å². The lowest BCUT2D eigenvalue weighted by Gasteiger charge is -2.36. The van der Waals surface area contributed by atoms with Crippen molar-refractivity contribution in [3.8, 4) is 11.8 Å². The van der Waals surface area contributed by atoms with E-state index < -0.39 is 6.04 Å². The summed E-state index contributed by atoms with van der Waals surface area (Å²) in [6.07, 6.45) is 6.81. The van der Waals surface area contributed by atoms with E-state index in [1.807, 2.05) is 18.3 Å². The van der Waals surface area contributed by atoms with Gasteiger partial charge >= 0.3 is 0 Å². The summed E-state index contributed by atoms with van der Waals surface area (Å²) in [7, 11) is 0. The second kappa shape index (κ2) is 15.0. The number of nitrogens with one attached hydrogen (secondary N) is 2. The van der Waals surface area contributed by atoms with Gasteiger partial charge in [0.05, 0.1) is 17.7 Å². The molecule has 8 rings (SSSR count). The van der Waals surface area contributed by atoms with E-state index in [2.05, 4.69) is 80.5 Å². The molecule has 1 aromatic heterocycles. The number of aromatic amines is 1. The van der Waals surface area contributed by atoms with E-state index in [0.717, 1.165) is 111 Å². The molecule has 4 aliphatic heterocycles. The lowest BCUT2D eigenvalue weighted by molar-refractivity contribution is -0.136. The normalized spacial score (nSPS) is 20.8. The highest BCUT2D eigenvalue weighted by molar-refractivity contribution is 6.05. The minimum atomic E-state index is -0.590. The van der Waals surface area contributed by atoms with E-state index >= 15 is 0 Å². The van der Waals surface area contributed by atoms with Crippen LogP contribution in [-0.2, 0) is 16.1 Å². The number of nitriles is 1. The van der Waals surface area contributed by atoms with E-state index in [1.165, 1.54) is 11.3 Å². The Morgan fingerprint density at radius 2 is 1.72 bits per heavy atom. The van der Waals surface area contributed by atoms with Crippen molar-refractivity contribution >= 4 is 40.0 Å². The third-order valence-electron chi connectivity index (χ3n) is 11.6. The number of carbonyl (C=O) groups is 3. The van der Waals surface area contributed by atoms with E-state index in [9.17, 15) is 19.6 Å². The zero-order valence-corrected chi connectivity index (χ0v) is 30.4. The molecule has 2 atom stereocenters. The second-order valence-corrected chi connectivity index (χ2v) is 14.9. The first-order chi connectivity index (χ1) is 25.9. The van der Waals surface area contributed by atoms with Gasteiger partial charge in [0, 0.05) is 86.7 Å². The molecule has 0 bridgehead atoms. The number of H-pyrrole nitrogens is 1. The number of hydrogen-bond donors (Lipinski definition) is 2. The summed E-state index contributed by atoms with van der Waals surface area (Å²) < 4.78 is 6.14. The summed E-state index contributed by atoms with van der Waals surface area (Å²) >= 11 is 0. The first-order valence-electron chi connectivity index (χ1n) is 19.1. The number of fused-ring (bicyclic) bond motifs is 2. The number of piperidine rings is 2. The highest BCUT2D eigenvalue weighted by Gasteiger charge is 2.39. The molecule has 0 spiro atoms. The minimum Gasteiger partial charge on any atom is -0.494 e. The smallest absolute Gasteiger partial charge is 0.255 e. The maximum Gasteiger partial charge on any atom is 0.255 e. The third-order valence-corrected chi connectivity index (χ3v) is 11.6. The van der Waals surface area contributed by atoms with Gasteiger partial charge in [-0.25, -0.2) is 0 Å². The van der Waals surface area contributed by atoms with E-state index in [0.29, 0.717) is 31.1 Å². The molecule has 0 aliphatic carbocycles. The SMILES string of the molecule is Cc1ccc(C2CCCN(c3ccc(OCCCCN4CCN(c5ccc6c(c5)CN(C5CCC(=O)NC5=O)C6=O)CC4)cc3)C2)c2[nH]cc(C#N)c12. The van der Waals surface area contributed by atoms with Gasteiger partial charge in [0.2, 0.25) is 11.8 Å². The van der Waals surface area contributed by atoms with E-state index in [-0.39, 0.29) is 24.1 Å². The molecule has 0 radical (unpaired) electrons. The van der Waals surface area contributed by atoms with Gasteiger partial charge in [-0.05, 0) is 105 Å². The maximum atomic E-state index is 13.1. The van der Waals surface area contributed by atoms with Crippen LogP contribution in [0.4, 0.5) is 11.4 Å². The molecule has 3 fully saturated rings. The number of anilines is 2. The fourth-order valence-electron chi connectivity index (χ4n) is 8.70. The lowest BCUT2D eigenvalue weighted by atomic mass is 9.88. The molecule has 3 amide bonds. The Morgan fingerprint density at radius 1 is 0.906 bits per heavy atom. The highest BCUT2D eigenvalue weighted by Crippen LogP contribution is 2.36. The van der Waals surface area contributed by atoms with Crippen LogP contribution in [0.3, 0.4) is 0 Å². The predicted octanol–water partition coefficient (Wildman–Crippen LogP) is 5.47. The number of aryl methyl sites for hydroxylation is 1. The Kier molecular flexibility index (Phi) is 9.80. The molecular weight excluding hydrogens is 667 g/mol. The topological polar surface area (TPSA) is 125 Å².